The Balaban J connectivity index is 1.95. The number of hydrogen-bond donors (Lipinski definition) is 0. The van der Waals surface area contributed by atoms with Crippen LogP contribution >= 0.6 is 27.3 Å². The lowest BCUT2D eigenvalue weighted by molar-refractivity contribution is -0.187. The molecule has 0 N–H and O–H groups in total. The minimum Gasteiger partial charge on any atom is -0.340 e. The van der Waals surface area contributed by atoms with Gasteiger partial charge in [0.05, 0.1) is 12.5 Å². The van der Waals surface area contributed by atoms with Crippen LogP contribution < -0.4 is 0 Å². The van der Waals surface area contributed by atoms with Gasteiger partial charge in [-0.3, -0.25) is 4.79 Å². The summed E-state index contributed by atoms with van der Waals surface area (Å²) in [5, 5.41) is 1.92. The molecule has 21 heavy (non-hydrogen) atoms. The number of amides is 1. The fourth-order valence-electron chi connectivity index (χ4n) is 2.77. The van der Waals surface area contributed by atoms with E-state index in [0.29, 0.717) is 19.4 Å². The van der Waals surface area contributed by atoms with Crippen LogP contribution in [-0.4, -0.2) is 24.0 Å². The Morgan fingerprint density at radius 2 is 2.19 bits per heavy atom. The molecule has 2 atom stereocenters. The number of carbonyl (C=O) groups excluding carboxylic acids is 1. The van der Waals surface area contributed by atoms with E-state index in [9.17, 15) is 18.0 Å². The molecule has 0 aromatic carbocycles. The molecule has 1 aliphatic rings. The van der Waals surface area contributed by atoms with Crippen LogP contribution in [0.5, 0.6) is 0 Å². The maximum atomic E-state index is 12.8. The van der Waals surface area contributed by atoms with Gasteiger partial charge in [-0.15, -0.1) is 11.3 Å². The Morgan fingerprint density at radius 1 is 1.48 bits per heavy atom. The SMILES string of the molecule is CN(Cc1cc(Br)cs1)C(=O)C1CCCC(C(F)(F)F)C1. The topological polar surface area (TPSA) is 20.3 Å². The molecule has 0 bridgehead atoms. The quantitative estimate of drug-likeness (QED) is 0.731. The second-order valence-corrected chi connectivity index (χ2v) is 7.44. The first kappa shape index (κ1) is 16.8. The Kier molecular flexibility index (Phi) is 5.35. The van der Waals surface area contributed by atoms with E-state index in [0.717, 1.165) is 9.35 Å². The fourth-order valence-corrected chi connectivity index (χ4v) is 4.27. The molecule has 1 fully saturated rings. The summed E-state index contributed by atoms with van der Waals surface area (Å²) < 4.78 is 39.4. The number of halogens is 4. The zero-order valence-electron chi connectivity index (χ0n) is 11.6. The average molecular weight is 384 g/mol. The van der Waals surface area contributed by atoms with E-state index < -0.39 is 18.0 Å². The van der Waals surface area contributed by atoms with E-state index in [1.54, 1.807) is 11.9 Å². The van der Waals surface area contributed by atoms with Crippen LogP contribution in [0.4, 0.5) is 13.2 Å². The Morgan fingerprint density at radius 3 is 2.76 bits per heavy atom. The van der Waals surface area contributed by atoms with Crippen molar-refractivity contribution in [2.45, 2.75) is 38.4 Å². The molecular formula is C14H17BrF3NOS. The third-order valence-corrected chi connectivity index (χ3v) is 5.56. The summed E-state index contributed by atoms with van der Waals surface area (Å²) in [6, 6.07) is 1.92. The Bertz CT molecular complexity index is 503. The van der Waals surface area contributed by atoms with Gasteiger partial charge >= 0.3 is 6.18 Å². The summed E-state index contributed by atoms with van der Waals surface area (Å²) in [4.78, 5) is 14.9. The van der Waals surface area contributed by atoms with Crippen molar-refractivity contribution < 1.29 is 18.0 Å². The highest BCUT2D eigenvalue weighted by Gasteiger charge is 2.43. The van der Waals surface area contributed by atoms with Crippen LogP contribution in [0.25, 0.3) is 0 Å². The Labute approximate surface area is 134 Å². The second kappa shape index (κ2) is 6.69. The lowest BCUT2D eigenvalue weighted by atomic mass is 9.80. The third-order valence-electron chi connectivity index (χ3n) is 3.88. The zero-order valence-corrected chi connectivity index (χ0v) is 14.0. The van der Waals surface area contributed by atoms with Gasteiger partial charge in [0.2, 0.25) is 5.91 Å². The number of hydrogen-bond acceptors (Lipinski definition) is 2. The first-order valence-corrected chi connectivity index (χ1v) is 8.49. The molecule has 7 heteroatoms. The normalized spacial score (nSPS) is 23.1. The van der Waals surface area contributed by atoms with Crippen LogP contribution in [-0.2, 0) is 11.3 Å². The first-order valence-electron chi connectivity index (χ1n) is 6.82. The van der Waals surface area contributed by atoms with Gasteiger partial charge in [-0.2, -0.15) is 13.2 Å². The summed E-state index contributed by atoms with van der Waals surface area (Å²) in [6.07, 6.45) is -3.07. The molecule has 0 saturated heterocycles. The van der Waals surface area contributed by atoms with E-state index >= 15 is 0 Å². The van der Waals surface area contributed by atoms with E-state index in [2.05, 4.69) is 15.9 Å². The molecule has 2 nitrogen and oxygen atoms in total. The molecule has 2 rings (SSSR count). The van der Waals surface area contributed by atoms with E-state index in [1.807, 2.05) is 11.4 Å². The van der Waals surface area contributed by atoms with Crippen LogP contribution in [0.15, 0.2) is 15.9 Å². The van der Waals surface area contributed by atoms with E-state index in [4.69, 9.17) is 0 Å². The van der Waals surface area contributed by atoms with Gasteiger partial charge in [-0.25, -0.2) is 0 Å². The van der Waals surface area contributed by atoms with Gasteiger partial charge in [0.25, 0.3) is 0 Å². The summed E-state index contributed by atoms with van der Waals surface area (Å²) >= 11 is 4.87. The van der Waals surface area contributed by atoms with E-state index in [-0.39, 0.29) is 18.7 Å². The molecule has 1 amide bonds. The first-order chi connectivity index (χ1) is 9.77. The lowest BCUT2D eigenvalue weighted by Crippen LogP contribution is -2.38. The van der Waals surface area contributed by atoms with Gasteiger partial charge in [0.15, 0.2) is 0 Å². The molecule has 0 aliphatic heterocycles. The molecule has 1 saturated carbocycles. The number of alkyl halides is 3. The predicted molar refractivity (Wildman–Crippen MR) is 80.0 cm³/mol. The maximum absolute atomic E-state index is 12.8. The highest BCUT2D eigenvalue weighted by Crippen LogP contribution is 2.40. The number of rotatable bonds is 3. The molecule has 0 spiro atoms. The van der Waals surface area contributed by atoms with Gasteiger partial charge in [-0.05, 0) is 41.3 Å². The van der Waals surface area contributed by atoms with Crippen LogP contribution in [0.1, 0.15) is 30.6 Å². The molecule has 2 unspecified atom stereocenters. The lowest BCUT2D eigenvalue weighted by Gasteiger charge is -2.32. The van der Waals surface area contributed by atoms with Crippen molar-refractivity contribution in [1.29, 1.82) is 0 Å². The second-order valence-electron chi connectivity index (χ2n) is 5.53. The standard InChI is InChI=1S/C14H17BrF3NOS/c1-19(7-12-6-11(15)8-21-12)13(20)9-3-2-4-10(5-9)14(16,17)18/h6,8-10H,2-5,7H2,1H3. The van der Waals surface area contributed by atoms with Gasteiger partial charge in [0.1, 0.15) is 0 Å². The maximum Gasteiger partial charge on any atom is 0.391 e. The van der Waals surface area contributed by atoms with Crippen molar-refractivity contribution in [3.8, 4) is 0 Å². The average Bonchev–Trinajstić information content (AvgIpc) is 2.82. The number of thiophene rings is 1. The van der Waals surface area contributed by atoms with Gasteiger partial charge < -0.3 is 4.90 Å². The minimum absolute atomic E-state index is 0.0686. The third kappa shape index (κ3) is 4.45. The predicted octanol–water partition coefficient (Wildman–Crippen LogP) is 4.84. The van der Waals surface area contributed by atoms with Crippen molar-refractivity contribution in [3.05, 3.63) is 20.8 Å². The highest BCUT2D eigenvalue weighted by atomic mass is 79.9. The molecule has 1 heterocycles. The minimum atomic E-state index is -4.18. The van der Waals surface area contributed by atoms with Crippen LogP contribution in [0.2, 0.25) is 0 Å². The van der Waals surface area contributed by atoms with Gasteiger partial charge in [0, 0.05) is 27.7 Å². The van der Waals surface area contributed by atoms with Crippen molar-refractivity contribution >= 4 is 33.2 Å². The highest BCUT2D eigenvalue weighted by molar-refractivity contribution is 9.10. The van der Waals surface area contributed by atoms with Crippen molar-refractivity contribution in [3.63, 3.8) is 0 Å². The van der Waals surface area contributed by atoms with E-state index in [1.165, 1.54) is 11.3 Å². The molecular weight excluding hydrogens is 367 g/mol. The molecule has 1 aromatic heterocycles. The summed E-state index contributed by atoms with van der Waals surface area (Å²) in [5.41, 5.74) is 0. The Hall–Kier alpha value is -0.560. The summed E-state index contributed by atoms with van der Waals surface area (Å²) in [6.45, 7) is 0.447. The monoisotopic (exact) mass is 383 g/mol. The fraction of sp³-hybridized carbons (Fsp3) is 0.643. The number of nitrogens with zero attached hydrogens (tertiary/aromatic N) is 1. The largest absolute Gasteiger partial charge is 0.391 e. The van der Waals surface area contributed by atoms with Crippen molar-refractivity contribution in [1.82, 2.24) is 4.90 Å². The summed E-state index contributed by atoms with van der Waals surface area (Å²) in [5.74, 6) is -2.00. The van der Waals surface area contributed by atoms with Crippen molar-refractivity contribution in [2.24, 2.45) is 11.8 Å². The van der Waals surface area contributed by atoms with Crippen molar-refractivity contribution in [2.75, 3.05) is 7.05 Å². The number of carbonyl (C=O) groups is 1. The smallest absolute Gasteiger partial charge is 0.340 e. The summed E-state index contributed by atoms with van der Waals surface area (Å²) in [7, 11) is 1.66. The molecule has 118 valence electrons. The van der Waals surface area contributed by atoms with Crippen LogP contribution in [0.3, 0.4) is 0 Å². The zero-order chi connectivity index (χ0) is 15.6. The van der Waals surface area contributed by atoms with Crippen LogP contribution in [0, 0.1) is 11.8 Å². The molecule has 1 aromatic rings. The molecule has 1 aliphatic carbocycles. The molecule has 0 radical (unpaired) electrons. The van der Waals surface area contributed by atoms with Gasteiger partial charge in [-0.1, -0.05) is 6.42 Å².